The monoisotopic (exact) mass is 484 g/mol. The summed E-state index contributed by atoms with van der Waals surface area (Å²) in [5.74, 6) is -0.216. The highest BCUT2D eigenvalue weighted by atomic mass is 35.5. The number of carbonyl (C=O) groups is 1. The van der Waals surface area contributed by atoms with Gasteiger partial charge in [0, 0.05) is 51.3 Å². The lowest BCUT2D eigenvalue weighted by molar-refractivity contribution is 0.0123. The molecule has 1 atom stereocenters. The molecule has 0 aliphatic carbocycles. The summed E-state index contributed by atoms with van der Waals surface area (Å²) < 4.78 is 19.1. The van der Waals surface area contributed by atoms with Crippen LogP contribution in [-0.2, 0) is 4.74 Å². The minimum atomic E-state index is -0.306. The van der Waals surface area contributed by atoms with Crippen LogP contribution in [0.1, 0.15) is 48.2 Å². The molecule has 0 aromatic heterocycles. The molecule has 1 aliphatic heterocycles. The number of Topliss-reactive ketones (excluding diaryl/α,β-unsaturated/α-hetero) is 1. The van der Waals surface area contributed by atoms with E-state index in [0.717, 1.165) is 58.7 Å². The number of ether oxygens (including phenoxy) is 1. The summed E-state index contributed by atoms with van der Waals surface area (Å²) in [6.45, 7) is 8.83. The van der Waals surface area contributed by atoms with Crippen LogP contribution in [0.2, 0.25) is 0 Å². The van der Waals surface area contributed by atoms with Crippen molar-refractivity contribution in [2.24, 2.45) is 0 Å². The molecule has 0 spiro atoms. The Morgan fingerprint density at radius 1 is 0.969 bits per heavy atom. The summed E-state index contributed by atoms with van der Waals surface area (Å²) in [5.41, 5.74) is 1.84. The number of ketones is 1. The largest absolute Gasteiger partial charge is 0.372 e. The van der Waals surface area contributed by atoms with Crippen molar-refractivity contribution in [3.05, 3.63) is 71.5 Å². The van der Waals surface area contributed by atoms with E-state index < -0.39 is 0 Å². The summed E-state index contributed by atoms with van der Waals surface area (Å²) in [5, 5.41) is 0. The van der Waals surface area contributed by atoms with Gasteiger partial charge in [0.2, 0.25) is 0 Å². The van der Waals surface area contributed by atoms with Crippen molar-refractivity contribution in [3.8, 4) is 0 Å². The lowest BCUT2D eigenvalue weighted by Crippen LogP contribution is -2.47. The van der Waals surface area contributed by atoms with Crippen LogP contribution in [0, 0.1) is 5.82 Å². The average Bonchev–Trinajstić information content (AvgIpc) is 2.78. The fourth-order valence-electron chi connectivity index (χ4n) is 3.86. The molecule has 2 aromatic carbocycles. The van der Waals surface area contributed by atoms with Crippen LogP contribution < -0.4 is 0 Å². The maximum absolute atomic E-state index is 13.0. The smallest absolute Gasteiger partial charge is 0.162 e. The molecule has 1 aliphatic rings. The van der Waals surface area contributed by atoms with Crippen LogP contribution in [0.25, 0.3) is 0 Å². The van der Waals surface area contributed by atoms with Gasteiger partial charge in [-0.2, -0.15) is 0 Å². The summed E-state index contributed by atoms with van der Waals surface area (Å²) in [7, 11) is 0. The van der Waals surface area contributed by atoms with Crippen LogP contribution >= 0.6 is 24.8 Å². The lowest BCUT2D eigenvalue weighted by atomic mass is 10.1. The number of carbonyl (C=O) groups excluding carboxylic acids is 1. The first kappa shape index (κ1) is 28.5. The number of hydrogen-bond donors (Lipinski definition) is 0. The van der Waals surface area contributed by atoms with Crippen molar-refractivity contribution in [2.75, 3.05) is 45.9 Å². The Labute approximate surface area is 203 Å². The van der Waals surface area contributed by atoms with E-state index >= 15 is 0 Å². The third-order valence-electron chi connectivity index (χ3n) is 5.63. The Morgan fingerprint density at radius 2 is 1.59 bits per heavy atom. The number of hydrogen-bond acceptors (Lipinski definition) is 4. The van der Waals surface area contributed by atoms with Gasteiger partial charge in [-0.25, -0.2) is 4.39 Å². The molecule has 1 unspecified atom stereocenters. The molecule has 32 heavy (non-hydrogen) atoms. The molecule has 7 heteroatoms. The minimum absolute atomic E-state index is 0. The second-order valence-corrected chi connectivity index (χ2v) is 7.95. The van der Waals surface area contributed by atoms with Crippen molar-refractivity contribution >= 4 is 30.6 Å². The average molecular weight is 485 g/mol. The molecular weight excluding hydrogens is 450 g/mol. The third kappa shape index (κ3) is 9.16. The fourth-order valence-corrected chi connectivity index (χ4v) is 3.86. The molecule has 0 amide bonds. The topological polar surface area (TPSA) is 32.8 Å². The quantitative estimate of drug-likeness (QED) is 0.398. The van der Waals surface area contributed by atoms with Gasteiger partial charge in [-0.3, -0.25) is 9.69 Å². The SMILES string of the molecule is CCCOC(CN1CCN(CCCC(=O)c2ccc(F)cc2)CC1)c1ccccc1.Cl.Cl. The number of piperazine rings is 1. The summed E-state index contributed by atoms with van der Waals surface area (Å²) in [6, 6.07) is 16.3. The lowest BCUT2D eigenvalue weighted by Gasteiger charge is -2.36. The standard InChI is InChI=1S/C25H33FN2O2.2ClH/c1-2-19-30-25(22-7-4-3-5-8-22)20-28-17-15-27(16-18-28)14-6-9-24(29)21-10-12-23(26)13-11-21;;/h3-5,7-8,10-13,25H,2,6,9,14-20H2,1H3;2*1H. The highest BCUT2D eigenvalue weighted by molar-refractivity contribution is 5.95. The van der Waals surface area contributed by atoms with Crippen molar-refractivity contribution in [1.29, 1.82) is 0 Å². The van der Waals surface area contributed by atoms with E-state index in [1.807, 2.05) is 6.07 Å². The van der Waals surface area contributed by atoms with Gasteiger partial charge in [0.1, 0.15) is 5.82 Å². The van der Waals surface area contributed by atoms with E-state index in [-0.39, 0.29) is 42.5 Å². The molecule has 178 valence electrons. The normalized spacial score (nSPS) is 15.4. The van der Waals surface area contributed by atoms with E-state index in [2.05, 4.69) is 41.0 Å². The van der Waals surface area contributed by atoms with E-state index in [1.165, 1.54) is 17.7 Å². The zero-order valence-electron chi connectivity index (χ0n) is 18.7. The zero-order valence-corrected chi connectivity index (χ0v) is 20.4. The number of nitrogens with zero attached hydrogens (tertiary/aromatic N) is 2. The zero-order chi connectivity index (χ0) is 21.2. The maximum atomic E-state index is 13.0. The van der Waals surface area contributed by atoms with Crippen molar-refractivity contribution < 1.29 is 13.9 Å². The first-order valence-corrected chi connectivity index (χ1v) is 11.1. The molecule has 1 fully saturated rings. The molecule has 0 bridgehead atoms. The van der Waals surface area contributed by atoms with E-state index in [1.54, 1.807) is 12.1 Å². The Balaban J connectivity index is 0.00000256. The number of benzene rings is 2. The Morgan fingerprint density at radius 3 is 2.22 bits per heavy atom. The van der Waals surface area contributed by atoms with E-state index in [9.17, 15) is 9.18 Å². The highest BCUT2D eigenvalue weighted by Gasteiger charge is 2.21. The van der Waals surface area contributed by atoms with Crippen LogP contribution in [0.4, 0.5) is 4.39 Å². The molecule has 2 aromatic rings. The van der Waals surface area contributed by atoms with Gasteiger partial charge in [-0.15, -0.1) is 24.8 Å². The van der Waals surface area contributed by atoms with Crippen molar-refractivity contribution in [3.63, 3.8) is 0 Å². The van der Waals surface area contributed by atoms with Crippen molar-refractivity contribution in [2.45, 2.75) is 32.3 Å². The van der Waals surface area contributed by atoms with Crippen LogP contribution in [0.15, 0.2) is 54.6 Å². The Hall–Kier alpha value is -1.50. The molecule has 1 saturated heterocycles. The molecule has 1 heterocycles. The Bertz CT molecular complexity index is 769. The van der Waals surface area contributed by atoms with Crippen LogP contribution in [0.5, 0.6) is 0 Å². The van der Waals surface area contributed by atoms with E-state index in [4.69, 9.17) is 4.74 Å². The molecule has 4 nitrogen and oxygen atoms in total. The second-order valence-electron chi connectivity index (χ2n) is 7.95. The predicted molar refractivity (Wildman–Crippen MR) is 133 cm³/mol. The Kier molecular flexibility index (Phi) is 13.7. The summed E-state index contributed by atoms with van der Waals surface area (Å²) in [6.07, 6.45) is 2.48. The molecule has 3 rings (SSSR count). The molecule has 0 N–H and O–H groups in total. The first-order chi connectivity index (χ1) is 14.7. The van der Waals surface area contributed by atoms with Gasteiger partial charge in [0.25, 0.3) is 0 Å². The van der Waals surface area contributed by atoms with Gasteiger partial charge >= 0.3 is 0 Å². The van der Waals surface area contributed by atoms with Gasteiger partial charge in [0.15, 0.2) is 5.78 Å². The van der Waals surface area contributed by atoms with Crippen molar-refractivity contribution in [1.82, 2.24) is 9.80 Å². The predicted octanol–water partition coefficient (Wildman–Crippen LogP) is 5.42. The number of rotatable bonds is 11. The maximum Gasteiger partial charge on any atom is 0.162 e. The first-order valence-electron chi connectivity index (χ1n) is 11.1. The molecular formula is C25H35Cl2FN2O2. The third-order valence-corrected chi connectivity index (χ3v) is 5.63. The molecule has 0 radical (unpaired) electrons. The molecule has 0 saturated carbocycles. The summed E-state index contributed by atoms with van der Waals surface area (Å²) >= 11 is 0. The van der Waals surface area contributed by atoms with Gasteiger partial charge in [-0.05, 0) is 49.2 Å². The highest BCUT2D eigenvalue weighted by Crippen LogP contribution is 2.20. The van der Waals surface area contributed by atoms with Crippen LogP contribution in [0.3, 0.4) is 0 Å². The van der Waals surface area contributed by atoms with Gasteiger partial charge in [0.05, 0.1) is 6.10 Å². The van der Waals surface area contributed by atoms with Crippen LogP contribution in [-0.4, -0.2) is 61.5 Å². The van der Waals surface area contributed by atoms with Gasteiger partial charge in [-0.1, -0.05) is 37.3 Å². The fraction of sp³-hybridized carbons (Fsp3) is 0.480. The minimum Gasteiger partial charge on any atom is -0.372 e. The van der Waals surface area contributed by atoms with E-state index in [0.29, 0.717) is 12.0 Å². The summed E-state index contributed by atoms with van der Waals surface area (Å²) in [4.78, 5) is 17.1. The second kappa shape index (κ2) is 15.4. The number of halogens is 3. The van der Waals surface area contributed by atoms with Gasteiger partial charge < -0.3 is 9.64 Å².